The van der Waals surface area contributed by atoms with Gasteiger partial charge in [-0.1, -0.05) is 24.3 Å². The molecule has 0 bridgehead atoms. The smallest absolute Gasteiger partial charge is 0.257 e. The van der Waals surface area contributed by atoms with Crippen molar-refractivity contribution in [2.75, 3.05) is 22.1 Å². The SMILES string of the molecule is Cc1cccc(NC(=O)c2ccccc2NC(=O)C2CCS(=O)(=O)C2)c1. The fourth-order valence-electron chi connectivity index (χ4n) is 2.95. The molecule has 6 nitrogen and oxygen atoms in total. The van der Waals surface area contributed by atoms with Crippen LogP contribution in [-0.4, -0.2) is 31.7 Å². The third kappa shape index (κ3) is 4.29. The molecule has 0 radical (unpaired) electrons. The summed E-state index contributed by atoms with van der Waals surface area (Å²) in [6.45, 7) is 1.93. The number of sulfone groups is 1. The van der Waals surface area contributed by atoms with Gasteiger partial charge in [0, 0.05) is 5.69 Å². The molecule has 7 heteroatoms. The Morgan fingerprint density at radius 2 is 1.81 bits per heavy atom. The number of hydrogen-bond acceptors (Lipinski definition) is 4. The Balaban J connectivity index is 1.75. The normalized spacial score (nSPS) is 18.3. The summed E-state index contributed by atoms with van der Waals surface area (Å²) in [5.41, 5.74) is 2.38. The van der Waals surface area contributed by atoms with E-state index < -0.39 is 15.8 Å². The first-order valence-corrected chi connectivity index (χ1v) is 10.1. The van der Waals surface area contributed by atoms with Crippen molar-refractivity contribution in [3.63, 3.8) is 0 Å². The number of amides is 2. The van der Waals surface area contributed by atoms with E-state index in [0.717, 1.165) is 5.56 Å². The van der Waals surface area contributed by atoms with Crippen molar-refractivity contribution in [2.45, 2.75) is 13.3 Å². The second kappa shape index (κ2) is 7.29. The number of benzene rings is 2. The zero-order valence-electron chi connectivity index (χ0n) is 14.4. The average molecular weight is 372 g/mol. The largest absolute Gasteiger partial charge is 0.325 e. The molecule has 2 aromatic carbocycles. The van der Waals surface area contributed by atoms with Gasteiger partial charge in [0.15, 0.2) is 9.84 Å². The van der Waals surface area contributed by atoms with Crippen molar-refractivity contribution in [2.24, 2.45) is 5.92 Å². The molecule has 2 N–H and O–H groups in total. The van der Waals surface area contributed by atoms with Crippen LogP contribution in [0, 0.1) is 12.8 Å². The van der Waals surface area contributed by atoms with Crippen LogP contribution in [0.2, 0.25) is 0 Å². The number of anilines is 2. The second-order valence-electron chi connectivity index (χ2n) is 6.46. The number of hydrogen-bond donors (Lipinski definition) is 2. The molecule has 136 valence electrons. The van der Waals surface area contributed by atoms with Crippen LogP contribution in [-0.2, 0) is 14.6 Å². The molecule has 3 rings (SSSR count). The van der Waals surface area contributed by atoms with Crippen LogP contribution >= 0.6 is 0 Å². The van der Waals surface area contributed by atoms with Gasteiger partial charge in [0.05, 0.1) is 28.7 Å². The highest BCUT2D eigenvalue weighted by Gasteiger charge is 2.33. The first kappa shape index (κ1) is 18.1. The maximum absolute atomic E-state index is 12.6. The Bertz CT molecular complexity index is 954. The van der Waals surface area contributed by atoms with E-state index >= 15 is 0 Å². The molecule has 1 fully saturated rings. The topological polar surface area (TPSA) is 92.3 Å². The minimum absolute atomic E-state index is 0.0284. The quantitative estimate of drug-likeness (QED) is 0.863. The lowest BCUT2D eigenvalue weighted by Crippen LogP contribution is -2.25. The highest BCUT2D eigenvalue weighted by molar-refractivity contribution is 7.91. The van der Waals surface area contributed by atoms with Crippen molar-refractivity contribution in [1.29, 1.82) is 0 Å². The molecule has 1 aliphatic rings. The molecule has 0 saturated carbocycles. The Morgan fingerprint density at radius 3 is 2.50 bits per heavy atom. The van der Waals surface area contributed by atoms with Crippen molar-refractivity contribution in [1.82, 2.24) is 0 Å². The van der Waals surface area contributed by atoms with Crippen LogP contribution in [0.1, 0.15) is 22.3 Å². The van der Waals surface area contributed by atoms with E-state index in [0.29, 0.717) is 23.4 Å². The number of carbonyl (C=O) groups excluding carboxylic acids is 2. The van der Waals surface area contributed by atoms with Gasteiger partial charge in [0.1, 0.15) is 0 Å². The minimum Gasteiger partial charge on any atom is -0.325 e. The molecule has 1 unspecified atom stereocenters. The molecule has 26 heavy (non-hydrogen) atoms. The predicted octanol–water partition coefficient (Wildman–Crippen LogP) is 2.62. The molecule has 1 saturated heterocycles. The van der Waals surface area contributed by atoms with Crippen LogP contribution in [0.5, 0.6) is 0 Å². The third-order valence-electron chi connectivity index (χ3n) is 4.31. The molecule has 2 aromatic rings. The maximum Gasteiger partial charge on any atom is 0.257 e. The van der Waals surface area contributed by atoms with Gasteiger partial charge in [-0.05, 0) is 43.2 Å². The number of aryl methyl sites for hydroxylation is 1. The maximum atomic E-state index is 12.6. The van der Waals surface area contributed by atoms with Gasteiger partial charge in [-0.2, -0.15) is 0 Å². The van der Waals surface area contributed by atoms with E-state index in [1.807, 2.05) is 25.1 Å². The Kier molecular flexibility index (Phi) is 5.08. The Labute approximate surface area is 152 Å². The second-order valence-corrected chi connectivity index (χ2v) is 8.69. The summed E-state index contributed by atoms with van der Waals surface area (Å²) in [5, 5.41) is 5.51. The fourth-order valence-corrected chi connectivity index (χ4v) is 4.69. The first-order chi connectivity index (χ1) is 12.3. The lowest BCUT2D eigenvalue weighted by molar-refractivity contribution is -0.119. The summed E-state index contributed by atoms with van der Waals surface area (Å²) in [4.78, 5) is 25.0. The average Bonchev–Trinajstić information content (AvgIpc) is 2.95. The summed E-state index contributed by atoms with van der Waals surface area (Å²) in [7, 11) is -3.14. The summed E-state index contributed by atoms with van der Waals surface area (Å²) in [5.74, 6) is -1.41. The van der Waals surface area contributed by atoms with Gasteiger partial charge in [-0.15, -0.1) is 0 Å². The van der Waals surface area contributed by atoms with Crippen molar-refractivity contribution < 1.29 is 18.0 Å². The van der Waals surface area contributed by atoms with E-state index in [2.05, 4.69) is 10.6 Å². The standard InChI is InChI=1S/C19H20N2O4S/c1-13-5-4-6-15(11-13)20-19(23)16-7-2-3-8-17(16)21-18(22)14-9-10-26(24,25)12-14/h2-8,11,14H,9-10,12H2,1H3,(H,20,23)(H,21,22). The fraction of sp³-hybridized carbons (Fsp3) is 0.263. The van der Waals surface area contributed by atoms with Gasteiger partial charge in [0.2, 0.25) is 5.91 Å². The van der Waals surface area contributed by atoms with Gasteiger partial charge in [0.25, 0.3) is 5.91 Å². The molecule has 2 amide bonds. The highest BCUT2D eigenvalue weighted by atomic mass is 32.2. The lowest BCUT2D eigenvalue weighted by Gasteiger charge is -2.14. The molecular formula is C19H20N2O4S. The molecule has 1 heterocycles. The van der Waals surface area contributed by atoms with Crippen molar-refractivity contribution in [3.8, 4) is 0 Å². The van der Waals surface area contributed by atoms with Gasteiger partial charge in [-0.3, -0.25) is 9.59 Å². The molecular weight excluding hydrogens is 352 g/mol. The number of carbonyl (C=O) groups is 2. The van der Waals surface area contributed by atoms with E-state index in [1.165, 1.54) is 0 Å². The summed E-state index contributed by atoms with van der Waals surface area (Å²) in [6, 6.07) is 14.1. The van der Waals surface area contributed by atoms with E-state index in [4.69, 9.17) is 0 Å². The number of rotatable bonds is 4. The van der Waals surface area contributed by atoms with Crippen LogP contribution < -0.4 is 10.6 Å². The van der Waals surface area contributed by atoms with Crippen LogP contribution in [0.4, 0.5) is 11.4 Å². The summed E-state index contributed by atoms with van der Waals surface area (Å²) in [6.07, 6.45) is 0.311. The third-order valence-corrected chi connectivity index (χ3v) is 6.08. The lowest BCUT2D eigenvalue weighted by atomic mass is 10.1. The Hall–Kier alpha value is -2.67. The summed E-state index contributed by atoms with van der Waals surface area (Å²) < 4.78 is 23.1. The van der Waals surface area contributed by atoms with Gasteiger partial charge in [-0.25, -0.2) is 8.42 Å². The number of para-hydroxylation sites is 1. The minimum atomic E-state index is -3.14. The molecule has 0 aromatic heterocycles. The van der Waals surface area contributed by atoms with Crippen LogP contribution in [0.3, 0.4) is 0 Å². The van der Waals surface area contributed by atoms with Gasteiger partial charge < -0.3 is 10.6 Å². The van der Waals surface area contributed by atoms with E-state index in [9.17, 15) is 18.0 Å². The molecule has 1 atom stereocenters. The van der Waals surface area contributed by atoms with Gasteiger partial charge >= 0.3 is 0 Å². The van der Waals surface area contributed by atoms with Crippen LogP contribution in [0.25, 0.3) is 0 Å². The van der Waals surface area contributed by atoms with E-state index in [-0.39, 0.29) is 23.3 Å². The molecule has 0 spiro atoms. The molecule has 1 aliphatic heterocycles. The zero-order chi connectivity index (χ0) is 18.7. The number of nitrogens with one attached hydrogen (secondary N) is 2. The molecule has 0 aliphatic carbocycles. The predicted molar refractivity (Wildman–Crippen MR) is 101 cm³/mol. The zero-order valence-corrected chi connectivity index (χ0v) is 15.2. The first-order valence-electron chi connectivity index (χ1n) is 8.32. The van der Waals surface area contributed by atoms with Crippen molar-refractivity contribution in [3.05, 3.63) is 59.7 Å². The van der Waals surface area contributed by atoms with Crippen molar-refractivity contribution >= 4 is 33.0 Å². The highest BCUT2D eigenvalue weighted by Crippen LogP contribution is 2.23. The monoisotopic (exact) mass is 372 g/mol. The Morgan fingerprint density at radius 1 is 1.04 bits per heavy atom. The summed E-state index contributed by atoms with van der Waals surface area (Å²) >= 11 is 0. The van der Waals surface area contributed by atoms with Crippen LogP contribution in [0.15, 0.2) is 48.5 Å². The van der Waals surface area contributed by atoms with E-state index in [1.54, 1.807) is 30.3 Å².